The van der Waals surface area contributed by atoms with Crippen molar-refractivity contribution in [1.29, 1.82) is 0 Å². The normalized spacial score (nSPS) is 10.6. The van der Waals surface area contributed by atoms with Crippen LogP contribution in [0.5, 0.6) is 0 Å². The fourth-order valence-electron chi connectivity index (χ4n) is 2.11. The summed E-state index contributed by atoms with van der Waals surface area (Å²) in [6, 6.07) is 11.8. The number of nitrogens with two attached hydrogens (primary N) is 1. The van der Waals surface area contributed by atoms with Crippen LogP contribution in [0.25, 0.3) is 10.8 Å². The molecule has 0 fully saturated rings. The number of nitrogens with zero attached hydrogens (tertiary/aromatic N) is 2. The van der Waals surface area contributed by atoms with Gasteiger partial charge in [-0.25, -0.2) is 0 Å². The zero-order valence-electron chi connectivity index (χ0n) is 10.5. The second-order valence-corrected chi connectivity index (χ2v) is 4.71. The summed E-state index contributed by atoms with van der Waals surface area (Å²) in [6.45, 7) is 0.493. The lowest BCUT2D eigenvalue weighted by Gasteiger charge is -2.11. The van der Waals surface area contributed by atoms with Crippen molar-refractivity contribution < 1.29 is 4.52 Å². The molecule has 0 amide bonds. The first-order valence-corrected chi connectivity index (χ1v) is 6.47. The van der Waals surface area contributed by atoms with Gasteiger partial charge in [-0.1, -0.05) is 41.6 Å². The molecule has 0 saturated carbocycles. The molecule has 20 heavy (non-hydrogen) atoms. The summed E-state index contributed by atoms with van der Waals surface area (Å²) in [6.07, 6.45) is 1.31. The molecule has 5 nitrogen and oxygen atoms in total. The Morgan fingerprint density at radius 2 is 2.00 bits per heavy atom. The van der Waals surface area contributed by atoms with Crippen LogP contribution >= 0.6 is 12.2 Å². The number of aromatic nitrogens is 2. The molecule has 3 rings (SSSR count). The molecule has 2 aromatic carbocycles. The lowest BCUT2D eigenvalue weighted by Crippen LogP contribution is -2.10. The van der Waals surface area contributed by atoms with Gasteiger partial charge in [0.25, 0.3) is 0 Å². The van der Waals surface area contributed by atoms with Crippen molar-refractivity contribution >= 4 is 33.7 Å². The fourth-order valence-corrected chi connectivity index (χ4v) is 2.29. The van der Waals surface area contributed by atoms with E-state index in [4.69, 9.17) is 22.5 Å². The smallest absolute Gasteiger partial charge is 0.213 e. The zero-order valence-corrected chi connectivity index (χ0v) is 11.4. The number of fused-ring (bicyclic) bond motifs is 1. The van der Waals surface area contributed by atoms with E-state index in [9.17, 15) is 0 Å². The van der Waals surface area contributed by atoms with Crippen molar-refractivity contribution in [3.05, 3.63) is 54.2 Å². The largest absolute Gasteiger partial charge is 0.389 e. The fraction of sp³-hybridized carbons (Fsp3) is 0.0714. The van der Waals surface area contributed by atoms with Gasteiger partial charge in [0.2, 0.25) is 6.39 Å². The van der Waals surface area contributed by atoms with E-state index >= 15 is 0 Å². The Bertz CT molecular complexity index is 755. The minimum absolute atomic E-state index is 0.394. The number of benzene rings is 2. The Kier molecular flexibility index (Phi) is 3.30. The Morgan fingerprint density at radius 3 is 2.70 bits per heavy atom. The van der Waals surface area contributed by atoms with Gasteiger partial charge in [-0.05, 0) is 17.5 Å². The Hall–Kier alpha value is -2.47. The first-order valence-electron chi connectivity index (χ1n) is 6.06. The second kappa shape index (κ2) is 5.26. The minimum atomic E-state index is 0.394. The quantitative estimate of drug-likeness (QED) is 0.717. The van der Waals surface area contributed by atoms with E-state index in [1.54, 1.807) is 0 Å². The number of thiocarbonyl (C=S) groups is 1. The molecular weight excluding hydrogens is 272 g/mol. The van der Waals surface area contributed by atoms with Gasteiger partial charge in [0, 0.05) is 16.6 Å². The van der Waals surface area contributed by atoms with Crippen LogP contribution in [0.15, 0.2) is 47.3 Å². The topological polar surface area (TPSA) is 77.0 Å². The Morgan fingerprint density at radius 1 is 1.20 bits per heavy atom. The predicted molar refractivity (Wildman–Crippen MR) is 81.5 cm³/mol. The lowest BCUT2D eigenvalue weighted by atomic mass is 10.0. The van der Waals surface area contributed by atoms with E-state index in [2.05, 4.69) is 15.5 Å². The molecule has 3 aromatic rings. The first kappa shape index (κ1) is 12.6. The molecule has 0 radical (unpaired) electrons. The van der Waals surface area contributed by atoms with Gasteiger partial charge in [-0.3, -0.25) is 0 Å². The summed E-state index contributed by atoms with van der Waals surface area (Å²) >= 11 is 5.09. The third-order valence-corrected chi connectivity index (χ3v) is 3.25. The Labute approximate surface area is 120 Å². The van der Waals surface area contributed by atoms with Gasteiger partial charge >= 0.3 is 0 Å². The third-order valence-electron chi connectivity index (χ3n) is 3.03. The van der Waals surface area contributed by atoms with E-state index in [0.29, 0.717) is 17.4 Å². The molecule has 3 N–H and O–H groups in total. The molecule has 6 heteroatoms. The van der Waals surface area contributed by atoms with Crippen LogP contribution in [-0.4, -0.2) is 15.1 Å². The summed E-state index contributed by atoms with van der Waals surface area (Å²) in [4.78, 5) is 4.37. The van der Waals surface area contributed by atoms with Crippen molar-refractivity contribution in [3.63, 3.8) is 0 Å². The van der Waals surface area contributed by atoms with Crippen LogP contribution in [0.2, 0.25) is 0 Å². The van der Waals surface area contributed by atoms with Crippen molar-refractivity contribution in [3.8, 4) is 0 Å². The predicted octanol–water partition coefficient (Wildman–Crippen LogP) is 2.47. The lowest BCUT2D eigenvalue weighted by molar-refractivity contribution is 0.411. The average Bonchev–Trinajstić information content (AvgIpc) is 2.97. The van der Waals surface area contributed by atoms with E-state index in [1.807, 2.05) is 36.4 Å². The molecular formula is C14H12N4OS. The van der Waals surface area contributed by atoms with Crippen LogP contribution in [-0.2, 0) is 6.54 Å². The van der Waals surface area contributed by atoms with E-state index in [0.717, 1.165) is 22.0 Å². The second-order valence-electron chi connectivity index (χ2n) is 4.27. The van der Waals surface area contributed by atoms with Crippen molar-refractivity contribution in [2.45, 2.75) is 6.54 Å². The minimum Gasteiger partial charge on any atom is -0.389 e. The van der Waals surface area contributed by atoms with E-state index < -0.39 is 0 Å². The molecule has 100 valence electrons. The van der Waals surface area contributed by atoms with Crippen molar-refractivity contribution in [2.24, 2.45) is 5.73 Å². The number of hydrogen-bond acceptors (Lipinski definition) is 5. The van der Waals surface area contributed by atoms with Crippen LogP contribution in [0.3, 0.4) is 0 Å². The average molecular weight is 284 g/mol. The molecule has 0 unspecified atom stereocenters. The maximum atomic E-state index is 5.76. The van der Waals surface area contributed by atoms with Crippen LogP contribution in [0.4, 0.5) is 5.69 Å². The van der Waals surface area contributed by atoms with Gasteiger partial charge in [0.1, 0.15) is 4.99 Å². The van der Waals surface area contributed by atoms with Gasteiger partial charge in [0.05, 0.1) is 6.54 Å². The molecule has 0 bridgehead atoms. The molecule has 1 heterocycles. The van der Waals surface area contributed by atoms with Gasteiger partial charge in [-0.2, -0.15) is 4.98 Å². The molecule has 0 aliphatic carbocycles. The van der Waals surface area contributed by atoms with Crippen molar-refractivity contribution in [2.75, 3.05) is 5.32 Å². The number of nitrogens with one attached hydrogen (secondary N) is 1. The van der Waals surface area contributed by atoms with E-state index in [1.165, 1.54) is 6.39 Å². The highest BCUT2D eigenvalue weighted by Gasteiger charge is 2.08. The number of rotatable bonds is 4. The summed E-state index contributed by atoms with van der Waals surface area (Å²) in [5.74, 6) is 0.604. The van der Waals surface area contributed by atoms with Crippen LogP contribution in [0.1, 0.15) is 11.4 Å². The number of hydrogen-bond donors (Lipinski definition) is 2. The zero-order chi connectivity index (χ0) is 13.9. The van der Waals surface area contributed by atoms with Crippen molar-refractivity contribution in [1.82, 2.24) is 10.1 Å². The highest BCUT2D eigenvalue weighted by molar-refractivity contribution is 7.80. The summed E-state index contributed by atoms with van der Waals surface area (Å²) in [7, 11) is 0. The summed E-state index contributed by atoms with van der Waals surface area (Å²) < 4.78 is 4.71. The Balaban J connectivity index is 1.99. The maximum Gasteiger partial charge on any atom is 0.213 e. The van der Waals surface area contributed by atoms with Gasteiger partial charge in [-0.15, -0.1) is 0 Å². The standard InChI is InChI=1S/C14H12N4OS/c15-14(20)11-5-6-12(10-4-2-1-3-9(10)11)16-7-13-17-8-19-18-13/h1-6,8,16H,7H2,(H2,15,20). The molecule has 0 saturated heterocycles. The highest BCUT2D eigenvalue weighted by atomic mass is 32.1. The SMILES string of the molecule is NC(=S)c1ccc(NCc2ncon2)c2ccccc12. The molecule has 0 aliphatic heterocycles. The van der Waals surface area contributed by atoms with E-state index in [-0.39, 0.29) is 0 Å². The van der Waals surface area contributed by atoms with Gasteiger partial charge < -0.3 is 15.6 Å². The first-order chi connectivity index (χ1) is 9.75. The van der Waals surface area contributed by atoms with Crippen LogP contribution < -0.4 is 11.1 Å². The monoisotopic (exact) mass is 284 g/mol. The highest BCUT2D eigenvalue weighted by Crippen LogP contribution is 2.27. The molecule has 0 aliphatic rings. The third kappa shape index (κ3) is 2.33. The van der Waals surface area contributed by atoms with Crippen LogP contribution in [0, 0.1) is 0 Å². The summed E-state index contributed by atoms with van der Waals surface area (Å²) in [5.41, 5.74) is 7.61. The number of anilines is 1. The molecule has 0 spiro atoms. The molecule has 0 atom stereocenters. The molecule has 1 aromatic heterocycles. The van der Waals surface area contributed by atoms with Gasteiger partial charge in [0.15, 0.2) is 5.82 Å². The summed E-state index contributed by atoms with van der Waals surface area (Å²) in [5, 5.41) is 9.14. The maximum absolute atomic E-state index is 5.76.